The molecule has 0 amide bonds. The zero-order valence-electron chi connectivity index (χ0n) is 11.5. The van der Waals surface area contributed by atoms with Crippen LogP contribution in [0.3, 0.4) is 0 Å². The Labute approximate surface area is 110 Å². The van der Waals surface area contributed by atoms with Crippen LogP contribution in [0.4, 0.5) is 0 Å². The van der Waals surface area contributed by atoms with Crippen molar-refractivity contribution >= 4 is 5.84 Å². The predicted octanol–water partition coefficient (Wildman–Crippen LogP) is 2.41. The molecular formula is C14H27N3O. The Kier molecular flexibility index (Phi) is 4.87. The third-order valence-corrected chi connectivity index (χ3v) is 4.91. The highest BCUT2D eigenvalue weighted by Crippen LogP contribution is 2.31. The number of nitrogens with two attached hydrogens (primary N) is 1. The summed E-state index contributed by atoms with van der Waals surface area (Å²) in [5.41, 5.74) is 5.70. The van der Waals surface area contributed by atoms with E-state index in [2.05, 4.69) is 17.0 Å². The molecule has 1 aliphatic heterocycles. The molecule has 1 saturated heterocycles. The summed E-state index contributed by atoms with van der Waals surface area (Å²) < 4.78 is 0. The molecule has 0 aromatic heterocycles. The SMILES string of the molecule is CCC1CCCC(N2CCC(C(N)=NO)CC2)C1. The van der Waals surface area contributed by atoms with Crippen LogP contribution >= 0.6 is 0 Å². The van der Waals surface area contributed by atoms with E-state index >= 15 is 0 Å². The number of rotatable bonds is 3. The summed E-state index contributed by atoms with van der Waals surface area (Å²) in [4.78, 5) is 2.64. The molecule has 2 fully saturated rings. The maximum absolute atomic E-state index is 8.72. The van der Waals surface area contributed by atoms with Gasteiger partial charge in [0.1, 0.15) is 5.84 Å². The minimum atomic E-state index is 0.289. The van der Waals surface area contributed by atoms with Gasteiger partial charge in [0, 0.05) is 12.0 Å². The van der Waals surface area contributed by atoms with Crippen molar-refractivity contribution in [1.29, 1.82) is 0 Å². The average Bonchev–Trinajstić information content (AvgIpc) is 2.46. The van der Waals surface area contributed by atoms with Crippen LogP contribution in [0.2, 0.25) is 0 Å². The van der Waals surface area contributed by atoms with Crippen LogP contribution in [0.5, 0.6) is 0 Å². The first-order chi connectivity index (χ1) is 8.74. The molecule has 3 N–H and O–H groups in total. The van der Waals surface area contributed by atoms with Crippen LogP contribution in [0.25, 0.3) is 0 Å². The predicted molar refractivity (Wildman–Crippen MR) is 73.7 cm³/mol. The molecule has 2 atom stereocenters. The van der Waals surface area contributed by atoms with E-state index in [4.69, 9.17) is 10.9 Å². The topological polar surface area (TPSA) is 61.8 Å². The molecule has 18 heavy (non-hydrogen) atoms. The molecule has 0 radical (unpaired) electrons. The molecule has 0 bridgehead atoms. The van der Waals surface area contributed by atoms with Gasteiger partial charge >= 0.3 is 0 Å². The molecule has 4 heteroatoms. The fourth-order valence-electron chi connectivity index (χ4n) is 3.61. The van der Waals surface area contributed by atoms with Gasteiger partial charge < -0.3 is 15.8 Å². The maximum atomic E-state index is 8.72. The average molecular weight is 253 g/mol. The first-order valence-electron chi connectivity index (χ1n) is 7.46. The quantitative estimate of drug-likeness (QED) is 0.351. The lowest BCUT2D eigenvalue weighted by Crippen LogP contribution is -2.45. The summed E-state index contributed by atoms with van der Waals surface area (Å²) in [5, 5.41) is 11.9. The van der Waals surface area contributed by atoms with Crippen LogP contribution in [0.1, 0.15) is 51.9 Å². The Hall–Kier alpha value is -0.770. The van der Waals surface area contributed by atoms with Gasteiger partial charge in [-0.05, 0) is 44.7 Å². The molecule has 2 aliphatic rings. The Bertz CT molecular complexity index is 285. The highest BCUT2D eigenvalue weighted by molar-refractivity contribution is 5.82. The largest absolute Gasteiger partial charge is 0.409 e. The second-order valence-electron chi connectivity index (χ2n) is 5.93. The van der Waals surface area contributed by atoms with E-state index in [0.717, 1.165) is 37.9 Å². The van der Waals surface area contributed by atoms with Crippen molar-refractivity contribution in [3.05, 3.63) is 0 Å². The van der Waals surface area contributed by atoms with E-state index < -0.39 is 0 Å². The highest BCUT2D eigenvalue weighted by atomic mass is 16.4. The summed E-state index contributed by atoms with van der Waals surface area (Å²) in [6.45, 7) is 4.54. The zero-order valence-corrected chi connectivity index (χ0v) is 11.5. The summed E-state index contributed by atoms with van der Waals surface area (Å²) in [5.74, 6) is 1.65. The Balaban J connectivity index is 1.82. The molecule has 1 saturated carbocycles. The fraction of sp³-hybridized carbons (Fsp3) is 0.929. The van der Waals surface area contributed by atoms with Crippen molar-refractivity contribution in [2.45, 2.75) is 57.9 Å². The van der Waals surface area contributed by atoms with E-state index in [1.807, 2.05) is 0 Å². The summed E-state index contributed by atoms with van der Waals surface area (Å²) in [6.07, 6.45) is 8.98. The van der Waals surface area contributed by atoms with E-state index in [9.17, 15) is 0 Å². The van der Waals surface area contributed by atoms with Gasteiger partial charge in [-0.2, -0.15) is 0 Å². The fourth-order valence-corrected chi connectivity index (χ4v) is 3.61. The Morgan fingerprint density at radius 3 is 2.61 bits per heavy atom. The molecule has 0 aromatic carbocycles. The van der Waals surface area contributed by atoms with Crippen molar-refractivity contribution in [3.8, 4) is 0 Å². The lowest BCUT2D eigenvalue weighted by molar-refractivity contribution is 0.0986. The van der Waals surface area contributed by atoms with E-state index in [1.165, 1.54) is 32.1 Å². The van der Waals surface area contributed by atoms with Crippen LogP contribution in [-0.4, -0.2) is 35.1 Å². The highest BCUT2D eigenvalue weighted by Gasteiger charge is 2.30. The number of likely N-dealkylation sites (tertiary alicyclic amines) is 1. The van der Waals surface area contributed by atoms with E-state index in [-0.39, 0.29) is 5.92 Å². The van der Waals surface area contributed by atoms with Crippen molar-refractivity contribution in [1.82, 2.24) is 4.90 Å². The summed E-state index contributed by atoms with van der Waals surface area (Å²) >= 11 is 0. The van der Waals surface area contributed by atoms with Crippen molar-refractivity contribution in [2.24, 2.45) is 22.7 Å². The summed E-state index contributed by atoms with van der Waals surface area (Å²) in [6, 6.07) is 0.789. The van der Waals surface area contributed by atoms with Crippen molar-refractivity contribution in [2.75, 3.05) is 13.1 Å². The standard InChI is InChI=1S/C14H27N3O/c1-2-11-4-3-5-13(10-11)17-8-6-12(7-9-17)14(15)16-18/h11-13,18H,2-10H2,1H3,(H2,15,16). The second-order valence-corrected chi connectivity index (χ2v) is 5.93. The van der Waals surface area contributed by atoms with Gasteiger partial charge in [-0.15, -0.1) is 0 Å². The van der Waals surface area contributed by atoms with Gasteiger partial charge in [-0.25, -0.2) is 0 Å². The van der Waals surface area contributed by atoms with Crippen LogP contribution in [-0.2, 0) is 0 Å². The first kappa shape index (κ1) is 13.7. The molecule has 1 aliphatic carbocycles. The minimum absolute atomic E-state index is 0.289. The number of amidine groups is 1. The van der Waals surface area contributed by atoms with Crippen molar-refractivity contribution < 1.29 is 5.21 Å². The number of hydrogen-bond acceptors (Lipinski definition) is 3. The molecule has 104 valence electrons. The summed E-state index contributed by atoms with van der Waals surface area (Å²) in [7, 11) is 0. The van der Waals surface area contributed by atoms with Gasteiger partial charge in [0.05, 0.1) is 0 Å². The second kappa shape index (κ2) is 6.41. The van der Waals surface area contributed by atoms with Gasteiger partial charge in [-0.1, -0.05) is 31.3 Å². The molecule has 0 aromatic rings. The van der Waals surface area contributed by atoms with E-state index in [1.54, 1.807) is 0 Å². The van der Waals surface area contributed by atoms with Gasteiger partial charge in [0.15, 0.2) is 0 Å². The van der Waals surface area contributed by atoms with Crippen LogP contribution in [0, 0.1) is 11.8 Å². The van der Waals surface area contributed by atoms with Gasteiger partial charge in [0.25, 0.3) is 0 Å². The molecule has 1 heterocycles. The van der Waals surface area contributed by atoms with Crippen LogP contribution < -0.4 is 5.73 Å². The third-order valence-electron chi connectivity index (χ3n) is 4.91. The van der Waals surface area contributed by atoms with Gasteiger partial charge in [0.2, 0.25) is 0 Å². The molecule has 2 rings (SSSR count). The Morgan fingerprint density at radius 1 is 1.28 bits per heavy atom. The molecule has 0 spiro atoms. The molecule has 2 unspecified atom stereocenters. The number of hydrogen-bond donors (Lipinski definition) is 2. The first-order valence-corrected chi connectivity index (χ1v) is 7.46. The number of piperidine rings is 1. The minimum Gasteiger partial charge on any atom is -0.409 e. The van der Waals surface area contributed by atoms with Crippen LogP contribution in [0.15, 0.2) is 5.16 Å². The normalized spacial score (nSPS) is 32.6. The molecule has 4 nitrogen and oxygen atoms in total. The lowest BCUT2D eigenvalue weighted by atomic mass is 9.82. The van der Waals surface area contributed by atoms with E-state index in [0.29, 0.717) is 5.84 Å². The maximum Gasteiger partial charge on any atom is 0.142 e. The number of oxime groups is 1. The lowest BCUT2D eigenvalue weighted by Gasteiger charge is -2.41. The Morgan fingerprint density at radius 2 is 2.00 bits per heavy atom. The smallest absolute Gasteiger partial charge is 0.142 e. The molecular weight excluding hydrogens is 226 g/mol. The number of nitrogens with zero attached hydrogens (tertiary/aromatic N) is 2. The third kappa shape index (κ3) is 3.16. The monoisotopic (exact) mass is 253 g/mol. The van der Waals surface area contributed by atoms with Crippen molar-refractivity contribution in [3.63, 3.8) is 0 Å². The zero-order chi connectivity index (χ0) is 13.0. The van der Waals surface area contributed by atoms with Gasteiger partial charge in [-0.3, -0.25) is 0 Å².